The molecule has 0 saturated heterocycles. The van der Waals surface area contributed by atoms with Gasteiger partial charge >= 0.3 is 0 Å². The molecule has 0 nitrogen and oxygen atoms in total. The molecule has 0 aliphatic carbocycles. The number of hydrogen-bond acceptors (Lipinski definition) is 0. The SMILES string of the molecule is Cc1cc(C)c(PCC(C)(C)C)c(C)c1. The van der Waals surface area contributed by atoms with Gasteiger partial charge < -0.3 is 0 Å². The minimum absolute atomic E-state index is 0.447. The first-order valence-electron chi connectivity index (χ1n) is 5.61. The Balaban J connectivity index is 2.86. The molecule has 0 bridgehead atoms. The fourth-order valence-electron chi connectivity index (χ4n) is 1.81. The molecule has 0 fully saturated rings. The van der Waals surface area contributed by atoms with E-state index in [0.29, 0.717) is 5.41 Å². The average Bonchev–Trinajstić information content (AvgIpc) is 1.99. The molecule has 0 saturated carbocycles. The van der Waals surface area contributed by atoms with Crippen LogP contribution in [0.5, 0.6) is 0 Å². The van der Waals surface area contributed by atoms with Crippen molar-refractivity contribution in [1.82, 2.24) is 0 Å². The lowest BCUT2D eigenvalue weighted by Gasteiger charge is -2.20. The highest BCUT2D eigenvalue weighted by atomic mass is 31.1. The van der Waals surface area contributed by atoms with E-state index in [9.17, 15) is 0 Å². The number of aryl methyl sites for hydroxylation is 3. The van der Waals surface area contributed by atoms with E-state index >= 15 is 0 Å². The first-order chi connectivity index (χ1) is 6.79. The Bertz CT molecular complexity index is 322. The van der Waals surface area contributed by atoms with Crippen LogP contribution in [0.1, 0.15) is 37.5 Å². The fourth-order valence-corrected chi connectivity index (χ4v) is 3.22. The molecule has 0 aliphatic heterocycles. The van der Waals surface area contributed by atoms with Crippen molar-refractivity contribution < 1.29 is 0 Å². The summed E-state index contributed by atoms with van der Waals surface area (Å²) in [7, 11) is 0.950. The predicted molar refractivity (Wildman–Crippen MR) is 72.9 cm³/mol. The number of benzene rings is 1. The summed E-state index contributed by atoms with van der Waals surface area (Å²) in [4.78, 5) is 0. The molecule has 1 unspecified atom stereocenters. The van der Waals surface area contributed by atoms with E-state index in [2.05, 4.69) is 53.7 Å². The molecule has 0 aliphatic rings. The van der Waals surface area contributed by atoms with Crippen molar-refractivity contribution in [2.75, 3.05) is 6.16 Å². The van der Waals surface area contributed by atoms with Crippen LogP contribution in [0, 0.1) is 26.2 Å². The lowest BCUT2D eigenvalue weighted by Crippen LogP contribution is -2.13. The van der Waals surface area contributed by atoms with Crippen molar-refractivity contribution in [3.8, 4) is 0 Å². The quantitative estimate of drug-likeness (QED) is 0.664. The molecule has 0 amide bonds. The van der Waals surface area contributed by atoms with Crippen molar-refractivity contribution in [3.63, 3.8) is 0 Å². The number of hydrogen-bond donors (Lipinski definition) is 0. The van der Waals surface area contributed by atoms with E-state index in [0.717, 1.165) is 8.58 Å². The lowest BCUT2D eigenvalue weighted by atomic mass is 10.0. The summed E-state index contributed by atoms with van der Waals surface area (Å²) in [6.45, 7) is 13.6. The largest absolute Gasteiger partial charge is 0.0893 e. The highest BCUT2D eigenvalue weighted by Gasteiger charge is 2.12. The molecule has 1 aromatic rings. The van der Waals surface area contributed by atoms with Crippen LogP contribution in [0.2, 0.25) is 0 Å². The Hall–Kier alpha value is -0.350. The summed E-state index contributed by atoms with van der Waals surface area (Å²) in [5, 5.41) is 1.58. The van der Waals surface area contributed by atoms with Crippen molar-refractivity contribution >= 4 is 13.9 Å². The van der Waals surface area contributed by atoms with Gasteiger partial charge in [-0.25, -0.2) is 0 Å². The fraction of sp³-hybridized carbons (Fsp3) is 0.571. The molecule has 1 heteroatoms. The van der Waals surface area contributed by atoms with Gasteiger partial charge in [-0.2, -0.15) is 0 Å². The average molecular weight is 222 g/mol. The minimum Gasteiger partial charge on any atom is -0.0893 e. The molecule has 1 aromatic carbocycles. The third-order valence-corrected chi connectivity index (χ3v) is 4.85. The van der Waals surface area contributed by atoms with Crippen LogP contribution >= 0.6 is 8.58 Å². The van der Waals surface area contributed by atoms with Gasteiger partial charge in [-0.1, -0.05) is 47.0 Å². The van der Waals surface area contributed by atoms with Crippen LogP contribution in [0.3, 0.4) is 0 Å². The van der Waals surface area contributed by atoms with E-state index in [-0.39, 0.29) is 0 Å². The maximum Gasteiger partial charge on any atom is -0.0213 e. The van der Waals surface area contributed by atoms with Crippen molar-refractivity contribution in [1.29, 1.82) is 0 Å². The zero-order valence-corrected chi connectivity index (χ0v) is 11.9. The van der Waals surface area contributed by atoms with Gasteiger partial charge in [-0.05, 0) is 48.8 Å². The second-order valence-electron chi connectivity index (χ2n) is 5.69. The Labute approximate surface area is 96.3 Å². The van der Waals surface area contributed by atoms with Gasteiger partial charge in [-0.3, -0.25) is 0 Å². The van der Waals surface area contributed by atoms with Crippen LogP contribution in [-0.2, 0) is 0 Å². The van der Waals surface area contributed by atoms with Crippen LogP contribution < -0.4 is 5.30 Å². The molecule has 15 heavy (non-hydrogen) atoms. The molecular weight excluding hydrogens is 199 g/mol. The third kappa shape index (κ3) is 3.95. The Kier molecular flexibility index (Phi) is 3.95. The maximum absolute atomic E-state index is 2.32. The Morgan fingerprint density at radius 1 is 1.00 bits per heavy atom. The van der Waals surface area contributed by atoms with Gasteiger partial charge in [0.2, 0.25) is 0 Å². The second-order valence-corrected chi connectivity index (χ2v) is 6.90. The molecular formula is C14H23P. The van der Waals surface area contributed by atoms with E-state index in [1.165, 1.54) is 22.9 Å². The van der Waals surface area contributed by atoms with Crippen LogP contribution in [0.15, 0.2) is 12.1 Å². The van der Waals surface area contributed by atoms with Gasteiger partial charge in [-0.15, -0.1) is 0 Å². The third-order valence-electron chi connectivity index (χ3n) is 2.47. The van der Waals surface area contributed by atoms with Crippen LogP contribution in [-0.4, -0.2) is 6.16 Å². The molecule has 1 atom stereocenters. The van der Waals surface area contributed by atoms with Gasteiger partial charge in [0, 0.05) is 0 Å². The normalized spacial score (nSPS) is 12.7. The molecule has 0 heterocycles. The summed E-state index contributed by atoms with van der Waals surface area (Å²) < 4.78 is 0. The van der Waals surface area contributed by atoms with Crippen molar-refractivity contribution in [2.45, 2.75) is 41.5 Å². The van der Waals surface area contributed by atoms with Gasteiger partial charge in [0.15, 0.2) is 0 Å². The molecule has 84 valence electrons. The van der Waals surface area contributed by atoms with E-state index < -0.39 is 0 Å². The van der Waals surface area contributed by atoms with Gasteiger partial charge in [0.1, 0.15) is 0 Å². The van der Waals surface area contributed by atoms with Crippen molar-refractivity contribution in [3.05, 3.63) is 28.8 Å². The summed E-state index contributed by atoms with van der Waals surface area (Å²) in [5.41, 5.74) is 4.77. The van der Waals surface area contributed by atoms with E-state index in [1.54, 1.807) is 5.30 Å². The summed E-state index contributed by atoms with van der Waals surface area (Å²) in [6.07, 6.45) is 1.29. The van der Waals surface area contributed by atoms with Crippen molar-refractivity contribution in [2.24, 2.45) is 5.41 Å². The number of rotatable bonds is 2. The predicted octanol–water partition coefficient (Wildman–Crippen LogP) is 3.96. The molecule has 1 rings (SSSR count). The summed E-state index contributed by atoms with van der Waals surface area (Å²) >= 11 is 0. The maximum atomic E-state index is 2.32. The first kappa shape index (κ1) is 12.7. The smallest absolute Gasteiger partial charge is 0.0213 e. The molecule has 0 aromatic heterocycles. The van der Waals surface area contributed by atoms with Crippen LogP contribution in [0.4, 0.5) is 0 Å². The van der Waals surface area contributed by atoms with E-state index in [4.69, 9.17) is 0 Å². The molecule has 0 spiro atoms. The van der Waals surface area contributed by atoms with Gasteiger partial charge in [0.05, 0.1) is 0 Å². The second kappa shape index (κ2) is 4.66. The lowest BCUT2D eigenvalue weighted by molar-refractivity contribution is 0.479. The summed E-state index contributed by atoms with van der Waals surface area (Å²) in [6, 6.07) is 4.61. The highest BCUT2D eigenvalue weighted by Crippen LogP contribution is 2.27. The highest BCUT2D eigenvalue weighted by molar-refractivity contribution is 7.47. The standard InChI is InChI=1S/C14H23P/c1-10-7-11(2)13(12(3)8-10)15-9-14(4,5)6/h7-8,15H,9H2,1-6H3. The monoisotopic (exact) mass is 222 g/mol. The summed E-state index contributed by atoms with van der Waals surface area (Å²) in [5.74, 6) is 0. The van der Waals surface area contributed by atoms with Gasteiger partial charge in [0.25, 0.3) is 0 Å². The Morgan fingerprint density at radius 3 is 1.87 bits per heavy atom. The molecule has 0 N–H and O–H groups in total. The topological polar surface area (TPSA) is 0 Å². The van der Waals surface area contributed by atoms with E-state index in [1.807, 2.05) is 0 Å². The minimum atomic E-state index is 0.447. The zero-order chi connectivity index (χ0) is 11.6. The Morgan fingerprint density at radius 2 is 1.47 bits per heavy atom. The first-order valence-corrected chi connectivity index (χ1v) is 6.82. The van der Waals surface area contributed by atoms with Crippen LogP contribution in [0.25, 0.3) is 0 Å². The zero-order valence-electron chi connectivity index (χ0n) is 10.9. The molecule has 0 radical (unpaired) electrons.